The summed E-state index contributed by atoms with van der Waals surface area (Å²) in [7, 11) is 0. The Kier molecular flexibility index (Phi) is 6.66. The lowest BCUT2D eigenvalue weighted by Gasteiger charge is -2.37. The van der Waals surface area contributed by atoms with E-state index in [0.29, 0.717) is 29.9 Å². The highest BCUT2D eigenvalue weighted by Crippen LogP contribution is 2.60. The number of fused-ring (bicyclic) bond motifs is 3. The van der Waals surface area contributed by atoms with Gasteiger partial charge < -0.3 is 20.7 Å². The van der Waals surface area contributed by atoms with E-state index in [2.05, 4.69) is 15.3 Å². The molecule has 0 bridgehead atoms. The number of nitrogens with two attached hydrogens (primary N) is 1. The Labute approximate surface area is 256 Å². The van der Waals surface area contributed by atoms with E-state index < -0.39 is 11.7 Å². The maximum absolute atomic E-state index is 16.2. The number of nitrogen functional groups attached to an aromatic ring is 1. The Morgan fingerprint density at radius 3 is 2.86 bits per heavy atom. The highest BCUT2D eigenvalue weighted by molar-refractivity contribution is 6.30. The zero-order valence-electron chi connectivity index (χ0n) is 23.8. The smallest absolute Gasteiger partial charge is 0.257 e. The minimum Gasteiger partial charge on any atom is -0.493 e. The number of carbonyl (C=O) groups excluding carboxylic acids is 2. The number of imidazole rings is 1. The summed E-state index contributed by atoms with van der Waals surface area (Å²) < 4.78 is 23.7. The Morgan fingerprint density at radius 1 is 1.30 bits per heavy atom. The summed E-state index contributed by atoms with van der Waals surface area (Å²) in [5.74, 6) is -0.519. The highest BCUT2D eigenvalue weighted by atomic mass is 35.5. The molecule has 13 heteroatoms. The first kappa shape index (κ1) is 28.0. The number of ether oxygens (including phenoxy) is 1. The third kappa shape index (κ3) is 4.50. The van der Waals surface area contributed by atoms with Crippen LogP contribution in [0.5, 0.6) is 5.75 Å². The van der Waals surface area contributed by atoms with Crippen molar-refractivity contribution in [3.8, 4) is 23.1 Å². The van der Waals surface area contributed by atoms with Gasteiger partial charge in [-0.15, -0.1) is 0 Å². The van der Waals surface area contributed by atoms with Crippen LogP contribution in [0.3, 0.4) is 0 Å². The van der Waals surface area contributed by atoms with Crippen LogP contribution < -0.4 is 15.8 Å². The molecule has 2 atom stereocenters. The lowest BCUT2D eigenvalue weighted by molar-refractivity contribution is -0.130. The molecule has 7 rings (SSSR count). The molecule has 3 N–H and O–H groups in total. The Balaban J connectivity index is 1.30. The van der Waals surface area contributed by atoms with Crippen LogP contribution in [0.25, 0.3) is 16.8 Å². The average molecular weight is 615 g/mol. The SMILES string of the molecule is CCOc1cc(C(=O)Nc2cc(C#N)ccn2)cc(F)c1-c1nc(C2CCC3N(C2)C(=O)CC32CC2)n2c(Cl)cnc(N)c12. The van der Waals surface area contributed by atoms with Gasteiger partial charge in [0.15, 0.2) is 0 Å². The van der Waals surface area contributed by atoms with Crippen molar-refractivity contribution < 1.29 is 18.7 Å². The molecule has 3 aromatic heterocycles. The second-order valence-corrected chi connectivity index (χ2v) is 12.0. The number of halogens is 2. The number of anilines is 2. The molecule has 11 nitrogen and oxygen atoms in total. The standard InChI is InChI=1S/C31H28ClFN8O3/c1-2-44-20-11-18(30(43)38-23-9-16(13-34)5-8-36-23)10-19(33)25(20)26-27-28(35)37-14-22(32)41(27)29(39-26)17-3-4-21-31(6-7-31)12-24(42)40(21)15-17/h5,8-11,14,17,21H,2-4,6-7,12,15H2,1H3,(H2,35,37)(H,36,38,43). The van der Waals surface area contributed by atoms with Gasteiger partial charge in [0.2, 0.25) is 5.91 Å². The predicted molar refractivity (Wildman–Crippen MR) is 160 cm³/mol. The molecule has 3 fully saturated rings. The second kappa shape index (κ2) is 10.4. The third-order valence-electron chi connectivity index (χ3n) is 9.02. The summed E-state index contributed by atoms with van der Waals surface area (Å²) in [5.41, 5.74) is 7.29. The number of benzene rings is 1. The molecule has 4 aromatic rings. The summed E-state index contributed by atoms with van der Waals surface area (Å²) in [6.45, 7) is 2.41. The minimum absolute atomic E-state index is 0.00962. The maximum Gasteiger partial charge on any atom is 0.257 e. The van der Waals surface area contributed by atoms with E-state index >= 15 is 4.39 Å². The Morgan fingerprint density at radius 2 is 2.11 bits per heavy atom. The molecule has 3 aliphatic rings. The van der Waals surface area contributed by atoms with Crippen LogP contribution in [0.15, 0.2) is 36.7 Å². The molecule has 2 amide bonds. The second-order valence-electron chi connectivity index (χ2n) is 11.6. The number of amides is 2. The van der Waals surface area contributed by atoms with Gasteiger partial charge in [0.25, 0.3) is 5.91 Å². The molecule has 1 aromatic carbocycles. The number of nitriles is 1. The Bertz CT molecular complexity index is 1900. The maximum atomic E-state index is 16.2. The first-order valence-electron chi connectivity index (χ1n) is 14.5. The largest absolute Gasteiger partial charge is 0.493 e. The van der Waals surface area contributed by atoms with Gasteiger partial charge >= 0.3 is 0 Å². The average Bonchev–Trinajstić information content (AvgIpc) is 3.59. The minimum atomic E-state index is -0.764. The van der Waals surface area contributed by atoms with Gasteiger partial charge in [0.05, 0.1) is 30.0 Å². The number of nitrogens with one attached hydrogen (secondary N) is 1. The summed E-state index contributed by atoms with van der Waals surface area (Å²) in [4.78, 5) is 41.3. The molecule has 2 aliphatic heterocycles. The molecule has 1 aliphatic carbocycles. The lowest BCUT2D eigenvalue weighted by atomic mass is 9.86. The van der Waals surface area contributed by atoms with Crippen LogP contribution in [0.2, 0.25) is 5.15 Å². The van der Waals surface area contributed by atoms with Crippen LogP contribution in [-0.2, 0) is 4.79 Å². The van der Waals surface area contributed by atoms with Crippen LogP contribution in [0.1, 0.15) is 66.7 Å². The number of piperidine rings is 1. The normalized spacial score (nSPS) is 20.0. The number of nitrogens with zero attached hydrogens (tertiary/aromatic N) is 6. The van der Waals surface area contributed by atoms with E-state index in [1.807, 2.05) is 11.0 Å². The monoisotopic (exact) mass is 614 g/mol. The molecule has 5 heterocycles. The fourth-order valence-corrected chi connectivity index (χ4v) is 7.05. The van der Waals surface area contributed by atoms with Crippen molar-refractivity contribution in [2.75, 3.05) is 24.2 Å². The summed E-state index contributed by atoms with van der Waals surface area (Å²) in [6, 6.07) is 7.66. The van der Waals surface area contributed by atoms with Crippen molar-refractivity contribution in [2.45, 2.75) is 51.0 Å². The van der Waals surface area contributed by atoms with Crippen LogP contribution in [-0.4, -0.2) is 55.3 Å². The fraction of sp³-hybridized carbons (Fsp3) is 0.355. The topological polar surface area (TPSA) is 152 Å². The summed E-state index contributed by atoms with van der Waals surface area (Å²) in [6.07, 6.45) is 7.23. The molecule has 44 heavy (non-hydrogen) atoms. The molecular weight excluding hydrogens is 587 g/mol. The molecule has 1 saturated carbocycles. The van der Waals surface area contributed by atoms with Gasteiger partial charge in [-0.05, 0) is 62.3 Å². The summed E-state index contributed by atoms with van der Waals surface area (Å²) in [5, 5.41) is 12.0. The number of pyridine rings is 1. The van der Waals surface area contributed by atoms with Gasteiger partial charge in [-0.3, -0.25) is 14.0 Å². The quantitative estimate of drug-likeness (QED) is 0.310. The van der Waals surface area contributed by atoms with E-state index in [9.17, 15) is 9.59 Å². The van der Waals surface area contributed by atoms with E-state index in [0.717, 1.165) is 31.7 Å². The van der Waals surface area contributed by atoms with Gasteiger partial charge in [-0.2, -0.15) is 5.26 Å². The van der Waals surface area contributed by atoms with Crippen molar-refractivity contribution in [1.29, 1.82) is 5.26 Å². The molecule has 0 radical (unpaired) electrons. The van der Waals surface area contributed by atoms with Crippen molar-refractivity contribution in [1.82, 2.24) is 24.3 Å². The van der Waals surface area contributed by atoms with Gasteiger partial charge in [0.1, 0.15) is 45.4 Å². The fourth-order valence-electron chi connectivity index (χ4n) is 6.83. The first-order valence-corrected chi connectivity index (χ1v) is 14.9. The highest BCUT2D eigenvalue weighted by Gasteiger charge is 2.60. The first-order chi connectivity index (χ1) is 21.2. The molecule has 2 saturated heterocycles. The number of hydrogen-bond donors (Lipinski definition) is 2. The van der Waals surface area contributed by atoms with Crippen LogP contribution >= 0.6 is 11.6 Å². The van der Waals surface area contributed by atoms with Crippen molar-refractivity contribution in [3.63, 3.8) is 0 Å². The van der Waals surface area contributed by atoms with E-state index in [1.165, 1.54) is 30.6 Å². The zero-order valence-corrected chi connectivity index (χ0v) is 24.6. The van der Waals surface area contributed by atoms with Gasteiger partial charge in [-0.25, -0.2) is 19.3 Å². The number of carbonyl (C=O) groups is 2. The Hall–Kier alpha value is -4.76. The molecule has 2 unspecified atom stereocenters. The summed E-state index contributed by atoms with van der Waals surface area (Å²) >= 11 is 6.68. The van der Waals surface area contributed by atoms with Crippen molar-refractivity contribution in [3.05, 3.63) is 64.6 Å². The van der Waals surface area contributed by atoms with Crippen molar-refractivity contribution in [2.24, 2.45) is 5.41 Å². The van der Waals surface area contributed by atoms with Gasteiger partial charge in [0, 0.05) is 36.7 Å². The molecular formula is C31H28ClFN8O3. The van der Waals surface area contributed by atoms with Crippen LogP contribution in [0, 0.1) is 22.6 Å². The van der Waals surface area contributed by atoms with Gasteiger partial charge in [-0.1, -0.05) is 11.6 Å². The predicted octanol–water partition coefficient (Wildman–Crippen LogP) is 4.95. The number of aromatic nitrogens is 4. The molecule has 1 spiro atoms. The van der Waals surface area contributed by atoms with E-state index in [1.54, 1.807) is 11.3 Å². The van der Waals surface area contributed by atoms with Crippen molar-refractivity contribution >= 4 is 40.6 Å². The van der Waals surface area contributed by atoms with E-state index in [4.69, 9.17) is 32.3 Å². The molecule has 224 valence electrons. The third-order valence-corrected chi connectivity index (χ3v) is 9.29. The zero-order chi connectivity index (χ0) is 30.7. The number of rotatable bonds is 6. The van der Waals surface area contributed by atoms with Crippen LogP contribution in [0.4, 0.5) is 16.0 Å². The lowest BCUT2D eigenvalue weighted by Crippen LogP contribution is -2.43. The van der Waals surface area contributed by atoms with E-state index in [-0.39, 0.29) is 69.2 Å². The number of hydrogen-bond acceptors (Lipinski definition) is 8.